The molecule has 22 heavy (non-hydrogen) atoms. The molecule has 1 amide bonds. The Balaban J connectivity index is 1.60. The van der Waals surface area contributed by atoms with Crippen LogP contribution in [0, 0.1) is 5.41 Å². The van der Waals surface area contributed by atoms with Crippen molar-refractivity contribution in [3.05, 3.63) is 0 Å². The lowest BCUT2D eigenvalue weighted by atomic mass is 9.61. The van der Waals surface area contributed by atoms with Crippen molar-refractivity contribution in [3.8, 4) is 0 Å². The number of likely N-dealkylation sites (tertiary alicyclic amines) is 1. The van der Waals surface area contributed by atoms with E-state index in [-0.39, 0.29) is 0 Å². The van der Waals surface area contributed by atoms with Crippen molar-refractivity contribution in [2.45, 2.75) is 77.9 Å². The van der Waals surface area contributed by atoms with Crippen molar-refractivity contribution < 1.29 is 14.3 Å². The van der Waals surface area contributed by atoms with Gasteiger partial charge in [-0.2, -0.15) is 0 Å². The highest BCUT2D eigenvalue weighted by atomic mass is 16.5. The molecule has 1 saturated heterocycles. The van der Waals surface area contributed by atoms with Crippen molar-refractivity contribution in [1.29, 1.82) is 0 Å². The molecule has 0 atom stereocenters. The molecule has 1 heterocycles. The summed E-state index contributed by atoms with van der Waals surface area (Å²) in [6, 6.07) is 0. The summed E-state index contributed by atoms with van der Waals surface area (Å²) in [6.07, 6.45) is 8.02. The number of rotatable bonds is 8. The van der Waals surface area contributed by atoms with E-state index in [1.165, 1.54) is 12.8 Å². The molecule has 2 rings (SSSR count). The van der Waals surface area contributed by atoms with Gasteiger partial charge in [0, 0.05) is 32.7 Å². The second-order valence-electron chi connectivity index (χ2n) is 7.31. The molecule has 0 aromatic rings. The lowest BCUT2D eigenvalue weighted by Crippen LogP contribution is -2.51. The van der Waals surface area contributed by atoms with Crippen LogP contribution in [-0.2, 0) is 14.3 Å². The van der Waals surface area contributed by atoms with Crippen molar-refractivity contribution in [3.63, 3.8) is 0 Å². The number of carbonyl (C=O) groups is 1. The molecular formula is C18H33NO3. The van der Waals surface area contributed by atoms with E-state index in [0.29, 0.717) is 36.6 Å². The van der Waals surface area contributed by atoms with E-state index in [1.54, 1.807) is 0 Å². The minimum Gasteiger partial charge on any atom is -0.381 e. The van der Waals surface area contributed by atoms with Gasteiger partial charge in [0.2, 0.25) is 5.91 Å². The second-order valence-corrected chi connectivity index (χ2v) is 7.31. The molecule has 1 aliphatic heterocycles. The largest absolute Gasteiger partial charge is 0.381 e. The summed E-state index contributed by atoms with van der Waals surface area (Å²) in [5.74, 6) is 0.309. The molecule has 128 valence electrons. The van der Waals surface area contributed by atoms with Crippen molar-refractivity contribution in [2.75, 3.05) is 26.3 Å². The minimum absolute atomic E-state index is 0.309. The van der Waals surface area contributed by atoms with Crippen LogP contribution >= 0.6 is 0 Å². The van der Waals surface area contributed by atoms with Gasteiger partial charge in [0.1, 0.15) is 0 Å². The van der Waals surface area contributed by atoms with Crippen LogP contribution in [0.5, 0.6) is 0 Å². The molecule has 0 aromatic carbocycles. The Bertz CT molecular complexity index is 340. The third-order valence-electron chi connectivity index (χ3n) is 4.99. The summed E-state index contributed by atoms with van der Waals surface area (Å²) >= 11 is 0. The van der Waals surface area contributed by atoms with E-state index in [2.05, 4.69) is 25.7 Å². The van der Waals surface area contributed by atoms with E-state index in [4.69, 9.17) is 9.47 Å². The number of ether oxygens (including phenoxy) is 2. The predicted molar refractivity (Wildman–Crippen MR) is 87.8 cm³/mol. The molecule has 2 fully saturated rings. The van der Waals surface area contributed by atoms with Gasteiger partial charge in [-0.3, -0.25) is 4.79 Å². The van der Waals surface area contributed by atoms with Crippen LogP contribution in [0.1, 0.15) is 65.7 Å². The number of piperidine rings is 1. The average Bonchev–Trinajstić information content (AvgIpc) is 2.45. The zero-order valence-electron chi connectivity index (χ0n) is 14.6. The quantitative estimate of drug-likeness (QED) is 0.645. The van der Waals surface area contributed by atoms with E-state index < -0.39 is 0 Å². The summed E-state index contributed by atoms with van der Waals surface area (Å²) in [5, 5.41) is 0. The van der Waals surface area contributed by atoms with Gasteiger partial charge in [0.25, 0.3) is 0 Å². The van der Waals surface area contributed by atoms with Crippen molar-refractivity contribution >= 4 is 5.91 Å². The molecule has 4 heteroatoms. The maximum Gasteiger partial charge on any atom is 0.222 e. The summed E-state index contributed by atoms with van der Waals surface area (Å²) < 4.78 is 11.3. The number of amides is 1. The Morgan fingerprint density at radius 3 is 2.50 bits per heavy atom. The molecule has 1 spiro atoms. The minimum atomic E-state index is 0.309. The Morgan fingerprint density at radius 1 is 1.23 bits per heavy atom. The highest BCUT2D eigenvalue weighted by Gasteiger charge is 2.46. The summed E-state index contributed by atoms with van der Waals surface area (Å²) in [7, 11) is 0. The predicted octanol–water partition coefficient (Wildman–Crippen LogP) is 3.39. The van der Waals surface area contributed by atoms with Crippen LogP contribution in [0.15, 0.2) is 0 Å². The van der Waals surface area contributed by atoms with Gasteiger partial charge in [-0.05, 0) is 57.8 Å². The number of nitrogens with zero attached hydrogens (tertiary/aromatic N) is 1. The maximum absolute atomic E-state index is 12.2. The van der Waals surface area contributed by atoms with E-state index >= 15 is 0 Å². The molecule has 1 aliphatic carbocycles. The SMILES string of the molecule is CCCOCCCC(=O)N1CCC2(CC1)CC(OC(C)C)C2. The van der Waals surface area contributed by atoms with Crippen LogP contribution in [-0.4, -0.2) is 49.3 Å². The fourth-order valence-electron chi connectivity index (χ4n) is 3.76. The highest BCUT2D eigenvalue weighted by molar-refractivity contribution is 5.76. The second kappa shape index (κ2) is 8.30. The van der Waals surface area contributed by atoms with Crippen LogP contribution in [0.2, 0.25) is 0 Å². The van der Waals surface area contributed by atoms with Gasteiger partial charge < -0.3 is 14.4 Å². The topological polar surface area (TPSA) is 38.8 Å². The molecule has 0 radical (unpaired) electrons. The fraction of sp³-hybridized carbons (Fsp3) is 0.944. The van der Waals surface area contributed by atoms with E-state index in [9.17, 15) is 4.79 Å². The number of hydrogen-bond donors (Lipinski definition) is 0. The summed E-state index contributed by atoms with van der Waals surface area (Å²) in [4.78, 5) is 14.3. The van der Waals surface area contributed by atoms with Gasteiger partial charge in [-0.25, -0.2) is 0 Å². The average molecular weight is 311 g/mol. The molecule has 4 nitrogen and oxygen atoms in total. The standard InChI is InChI=1S/C18H33NO3/c1-4-11-21-12-5-6-17(20)19-9-7-18(8-10-19)13-16(14-18)22-15(2)3/h15-16H,4-14H2,1-3H3. The van der Waals surface area contributed by atoms with Crippen LogP contribution in [0.25, 0.3) is 0 Å². The summed E-state index contributed by atoms with van der Waals surface area (Å²) in [6.45, 7) is 9.70. The van der Waals surface area contributed by atoms with Gasteiger partial charge in [0.05, 0.1) is 12.2 Å². The molecule has 0 unspecified atom stereocenters. The Kier molecular flexibility index (Phi) is 6.69. The molecular weight excluding hydrogens is 278 g/mol. The number of hydrogen-bond acceptors (Lipinski definition) is 3. The van der Waals surface area contributed by atoms with E-state index in [0.717, 1.165) is 45.4 Å². The molecule has 0 N–H and O–H groups in total. The van der Waals surface area contributed by atoms with Gasteiger partial charge >= 0.3 is 0 Å². The lowest BCUT2D eigenvalue weighted by Gasteiger charge is -2.52. The van der Waals surface area contributed by atoms with Crippen LogP contribution in [0.3, 0.4) is 0 Å². The third kappa shape index (κ3) is 4.95. The van der Waals surface area contributed by atoms with E-state index in [1.807, 2.05) is 0 Å². The van der Waals surface area contributed by atoms with Crippen molar-refractivity contribution in [1.82, 2.24) is 4.90 Å². The Hall–Kier alpha value is -0.610. The van der Waals surface area contributed by atoms with Gasteiger partial charge in [-0.1, -0.05) is 6.92 Å². The first kappa shape index (κ1) is 17.7. The van der Waals surface area contributed by atoms with Crippen LogP contribution < -0.4 is 0 Å². The zero-order valence-corrected chi connectivity index (χ0v) is 14.6. The third-order valence-corrected chi connectivity index (χ3v) is 4.99. The number of carbonyl (C=O) groups excluding carboxylic acids is 1. The smallest absolute Gasteiger partial charge is 0.222 e. The van der Waals surface area contributed by atoms with Crippen molar-refractivity contribution in [2.24, 2.45) is 5.41 Å². The Labute approximate surface area is 135 Å². The molecule has 0 bridgehead atoms. The summed E-state index contributed by atoms with van der Waals surface area (Å²) in [5.41, 5.74) is 0.473. The zero-order chi connectivity index (χ0) is 16.0. The Morgan fingerprint density at radius 2 is 1.91 bits per heavy atom. The van der Waals surface area contributed by atoms with Gasteiger partial charge in [0.15, 0.2) is 0 Å². The highest BCUT2D eigenvalue weighted by Crippen LogP contribution is 2.50. The lowest BCUT2D eigenvalue weighted by molar-refractivity contribution is -0.143. The first-order valence-corrected chi connectivity index (χ1v) is 9.06. The maximum atomic E-state index is 12.2. The molecule has 0 aromatic heterocycles. The first-order chi connectivity index (χ1) is 10.5. The molecule has 1 saturated carbocycles. The first-order valence-electron chi connectivity index (χ1n) is 9.06. The van der Waals surface area contributed by atoms with Gasteiger partial charge in [-0.15, -0.1) is 0 Å². The fourth-order valence-corrected chi connectivity index (χ4v) is 3.76. The normalized spacial score (nSPS) is 21.4. The molecule has 2 aliphatic rings. The van der Waals surface area contributed by atoms with Crippen LogP contribution in [0.4, 0.5) is 0 Å². The monoisotopic (exact) mass is 311 g/mol.